The third-order valence-electron chi connectivity index (χ3n) is 3.99. The number of pyridine rings is 1. The molecule has 114 valence electrons. The zero-order chi connectivity index (χ0) is 15.7. The summed E-state index contributed by atoms with van der Waals surface area (Å²) in [6, 6.07) is 11.7. The molecule has 0 spiro atoms. The molecule has 0 fully saturated rings. The van der Waals surface area contributed by atoms with Crippen LogP contribution in [0.3, 0.4) is 0 Å². The van der Waals surface area contributed by atoms with Gasteiger partial charge in [0, 0.05) is 6.20 Å². The van der Waals surface area contributed by atoms with E-state index in [1.54, 1.807) is 6.07 Å². The van der Waals surface area contributed by atoms with Crippen LogP contribution in [0.5, 0.6) is 0 Å². The van der Waals surface area contributed by atoms with Gasteiger partial charge in [0.2, 0.25) is 10.0 Å². The van der Waals surface area contributed by atoms with E-state index in [2.05, 4.69) is 36.2 Å². The molecule has 2 N–H and O–H groups in total. The molecule has 0 amide bonds. The summed E-state index contributed by atoms with van der Waals surface area (Å²) in [4.78, 5) is 4.35. The van der Waals surface area contributed by atoms with Crippen molar-refractivity contribution in [1.29, 1.82) is 0 Å². The maximum absolute atomic E-state index is 11.3. The van der Waals surface area contributed by atoms with E-state index >= 15 is 0 Å². The van der Waals surface area contributed by atoms with Crippen LogP contribution in [0.15, 0.2) is 47.5 Å². The summed E-state index contributed by atoms with van der Waals surface area (Å²) in [6.45, 7) is 2.07. The zero-order valence-corrected chi connectivity index (χ0v) is 13.2. The first-order valence-corrected chi connectivity index (χ1v) is 8.78. The summed E-state index contributed by atoms with van der Waals surface area (Å²) in [5, 5.41) is 5.11. The maximum atomic E-state index is 11.3. The van der Waals surface area contributed by atoms with Gasteiger partial charge in [-0.15, -0.1) is 0 Å². The molecule has 0 unspecified atom stereocenters. The number of sulfonamides is 1. The van der Waals surface area contributed by atoms with Crippen LogP contribution in [-0.2, 0) is 10.0 Å². The minimum Gasteiger partial charge on any atom is -0.255 e. The highest BCUT2D eigenvalue weighted by atomic mass is 32.2. The molecule has 4 nitrogen and oxygen atoms in total. The smallest absolute Gasteiger partial charge is 0.239 e. The number of hydrogen-bond acceptors (Lipinski definition) is 3. The Bertz CT molecular complexity index is 820. The lowest BCUT2D eigenvalue weighted by Crippen LogP contribution is -2.12. The van der Waals surface area contributed by atoms with Gasteiger partial charge in [-0.2, -0.15) is 0 Å². The lowest BCUT2D eigenvalue weighted by Gasteiger charge is -2.08. The number of primary sulfonamides is 1. The second-order valence-electron chi connectivity index (χ2n) is 5.60. The largest absolute Gasteiger partial charge is 0.255 e. The topological polar surface area (TPSA) is 73.1 Å². The molecule has 0 saturated heterocycles. The average molecular weight is 314 g/mol. The average Bonchev–Trinajstić information content (AvgIpc) is 2.97. The first-order chi connectivity index (χ1) is 10.4. The lowest BCUT2D eigenvalue weighted by molar-refractivity contribution is 0.597. The van der Waals surface area contributed by atoms with Gasteiger partial charge in [0.25, 0.3) is 0 Å². The molecule has 1 aromatic heterocycles. The Kier molecular flexibility index (Phi) is 3.85. The quantitative estimate of drug-likeness (QED) is 0.946. The number of hydrogen-bond donors (Lipinski definition) is 1. The molecule has 1 aliphatic rings. The Morgan fingerprint density at radius 1 is 1.00 bits per heavy atom. The van der Waals surface area contributed by atoms with E-state index in [9.17, 15) is 8.42 Å². The molecular formula is C17H18N2O2S. The Morgan fingerprint density at radius 2 is 1.68 bits per heavy atom. The van der Waals surface area contributed by atoms with Gasteiger partial charge in [-0.05, 0) is 55.0 Å². The number of benzene rings is 1. The Balaban J connectivity index is 2.01. The van der Waals surface area contributed by atoms with Gasteiger partial charge in [0.05, 0.1) is 5.69 Å². The maximum Gasteiger partial charge on any atom is 0.239 e. The fraction of sp³-hybridized carbons (Fsp3) is 0.235. The first kappa shape index (κ1) is 14.9. The SMILES string of the molecule is Cc1ccc(C2=C(c3ccc(S(N)(=O)=O)cn3)CCC2)cc1. The summed E-state index contributed by atoms with van der Waals surface area (Å²) in [6.07, 6.45) is 4.42. The summed E-state index contributed by atoms with van der Waals surface area (Å²) in [5.41, 5.74) is 5.79. The number of aryl methyl sites for hydroxylation is 1. The normalized spacial score (nSPS) is 15.4. The number of allylic oxidation sites excluding steroid dienone is 2. The Labute approximate surface area is 130 Å². The molecule has 0 saturated carbocycles. The van der Waals surface area contributed by atoms with Crippen LogP contribution in [0.1, 0.15) is 36.1 Å². The van der Waals surface area contributed by atoms with Crippen molar-refractivity contribution < 1.29 is 8.42 Å². The van der Waals surface area contributed by atoms with E-state index in [0.29, 0.717) is 0 Å². The van der Waals surface area contributed by atoms with E-state index in [1.807, 2.05) is 0 Å². The van der Waals surface area contributed by atoms with Crippen LogP contribution in [-0.4, -0.2) is 13.4 Å². The molecule has 22 heavy (non-hydrogen) atoms. The van der Waals surface area contributed by atoms with Crippen LogP contribution >= 0.6 is 0 Å². The van der Waals surface area contributed by atoms with Crippen LogP contribution in [0.2, 0.25) is 0 Å². The van der Waals surface area contributed by atoms with Gasteiger partial charge in [0.1, 0.15) is 4.90 Å². The highest BCUT2D eigenvalue weighted by Crippen LogP contribution is 2.39. The van der Waals surface area contributed by atoms with Gasteiger partial charge >= 0.3 is 0 Å². The summed E-state index contributed by atoms with van der Waals surface area (Å²) in [7, 11) is -3.69. The standard InChI is InChI=1S/C17H18N2O2S/c1-12-5-7-13(8-6-12)15-3-2-4-16(15)17-10-9-14(11-19-17)22(18,20)21/h5-11H,2-4H2,1H3,(H2,18,20,21). The van der Waals surface area contributed by atoms with Crippen LogP contribution in [0, 0.1) is 6.92 Å². The van der Waals surface area contributed by atoms with Crippen molar-refractivity contribution in [3.63, 3.8) is 0 Å². The van der Waals surface area contributed by atoms with E-state index < -0.39 is 10.0 Å². The Hall–Kier alpha value is -1.98. The lowest BCUT2D eigenvalue weighted by atomic mass is 9.99. The minimum atomic E-state index is -3.69. The predicted molar refractivity (Wildman–Crippen MR) is 87.5 cm³/mol. The van der Waals surface area contributed by atoms with E-state index in [1.165, 1.54) is 34.5 Å². The summed E-state index contributed by atoms with van der Waals surface area (Å²) in [5.74, 6) is 0. The van der Waals surface area contributed by atoms with Crippen molar-refractivity contribution in [2.45, 2.75) is 31.1 Å². The van der Waals surface area contributed by atoms with Gasteiger partial charge < -0.3 is 0 Å². The fourth-order valence-corrected chi connectivity index (χ4v) is 3.28. The number of nitrogens with two attached hydrogens (primary N) is 1. The van der Waals surface area contributed by atoms with Gasteiger partial charge in [-0.1, -0.05) is 29.8 Å². The molecular weight excluding hydrogens is 296 g/mol. The van der Waals surface area contributed by atoms with E-state index in [4.69, 9.17) is 5.14 Å². The first-order valence-electron chi connectivity index (χ1n) is 7.23. The van der Waals surface area contributed by atoms with Gasteiger partial charge in [-0.25, -0.2) is 13.6 Å². The number of aromatic nitrogens is 1. The molecule has 1 aliphatic carbocycles. The molecule has 1 heterocycles. The molecule has 1 aromatic carbocycles. The van der Waals surface area contributed by atoms with E-state index in [0.717, 1.165) is 25.0 Å². The van der Waals surface area contributed by atoms with Crippen LogP contribution in [0.25, 0.3) is 11.1 Å². The predicted octanol–water partition coefficient (Wildman–Crippen LogP) is 3.13. The number of nitrogens with zero attached hydrogens (tertiary/aromatic N) is 1. The van der Waals surface area contributed by atoms with Crippen molar-refractivity contribution >= 4 is 21.2 Å². The second kappa shape index (κ2) is 5.66. The monoisotopic (exact) mass is 314 g/mol. The number of rotatable bonds is 3. The van der Waals surface area contributed by atoms with Crippen molar-refractivity contribution in [3.05, 3.63) is 59.4 Å². The minimum absolute atomic E-state index is 0.0479. The highest BCUT2D eigenvalue weighted by Gasteiger charge is 2.19. The summed E-state index contributed by atoms with van der Waals surface area (Å²) < 4.78 is 22.6. The summed E-state index contributed by atoms with van der Waals surface area (Å²) >= 11 is 0. The van der Waals surface area contributed by atoms with E-state index in [-0.39, 0.29) is 4.90 Å². The van der Waals surface area contributed by atoms with Gasteiger partial charge in [-0.3, -0.25) is 4.98 Å². The second-order valence-corrected chi connectivity index (χ2v) is 7.16. The zero-order valence-electron chi connectivity index (χ0n) is 12.4. The third-order valence-corrected chi connectivity index (χ3v) is 4.89. The van der Waals surface area contributed by atoms with Crippen molar-refractivity contribution in [3.8, 4) is 0 Å². The highest BCUT2D eigenvalue weighted by molar-refractivity contribution is 7.89. The van der Waals surface area contributed by atoms with Crippen molar-refractivity contribution in [2.24, 2.45) is 5.14 Å². The third kappa shape index (κ3) is 2.96. The fourth-order valence-electron chi connectivity index (χ4n) is 2.83. The molecule has 0 bridgehead atoms. The molecule has 0 aliphatic heterocycles. The van der Waals surface area contributed by atoms with Gasteiger partial charge in [0.15, 0.2) is 0 Å². The molecule has 0 atom stereocenters. The molecule has 0 radical (unpaired) electrons. The van der Waals surface area contributed by atoms with Crippen LogP contribution < -0.4 is 5.14 Å². The van der Waals surface area contributed by atoms with Crippen molar-refractivity contribution in [1.82, 2.24) is 4.98 Å². The van der Waals surface area contributed by atoms with Crippen LogP contribution in [0.4, 0.5) is 0 Å². The van der Waals surface area contributed by atoms with Crippen molar-refractivity contribution in [2.75, 3.05) is 0 Å². The molecule has 5 heteroatoms. The Morgan fingerprint density at radius 3 is 2.27 bits per heavy atom. The molecule has 2 aromatic rings. The molecule has 3 rings (SSSR count).